The molecule has 0 aliphatic heterocycles. The Balaban J connectivity index is 3.51. The van der Waals surface area contributed by atoms with E-state index in [1.165, 1.54) is 0 Å². The van der Waals surface area contributed by atoms with Gasteiger partial charge in [-0.25, -0.2) is 0 Å². The van der Waals surface area contributed by atoms with Gasteiger partial charge in [-0.1, -0.05) is 0 Å². The van der Waals surface area contributed by atoms with E-state index in [-0.39, 0.29) is 0 Å². The van der Waals surface area contributed by atoms with Gasteiger partial charge in [-0.05, 0) is 34.9 Å². The van der Waals surface area contributed by atoms with Crippen LogP contribution in [0.25, 0.3) is 0 Å². The van der Waals surface area contributed by atoms with Crippen molar-refractivity contribution in [3.05, 3.63) is 0 Å². The minimum atomic E-state index is -0.981. The molecule has 0 atom stereocenters. The molecule has 24 valence electrons. The van der Waals surface area contributed by atoms with E-state index >= 15 is 0 Å². The van der Waals surface area contributed by atoms with Gasteiger partial charge in [-0.2, -0.15) is 0 Å². The summed E-state index contributed by atoms with van der Waals surface area (Å²) in [6.07, 6.45) is 0. The van der Waals surface area contributed by atoms with Crippen molar-refractivity contribution in [1.29, 1.82) is 0 Å². The molecule has 0 unspecified atom stereocenters. The third-order valence-electron chi connectivity index (χ3n) is 0. The molecule has 0 saturated carbocycles. The Labute approximate surface area is 40.0 Å². The van der Waals surface area contributed by atoms with Gasteiger partial charge in [0.2, 0.25) is 0 Å². The summed E-state index contributed by atoms with van der Waals surface area (Å²) in [5.41, 5.74) is 0. The average Bonchev–Trinajstić information content (AvgIpc) is 0.811. The highest BCUT2D eigenvalue weighted by Gasteiger charge is 1.45. The Kier molecular flexibility index (Phi) is 2.86. The fourth-order valence-electron chi connectivity index (χ4n) is 0. The summed E-state index contributed by atoms with van der Waals surface area (Å²) in [4.78, 5) is -0.981. The van der Waals surface area contributed by atoms with Crippen LogP contribution in [-0.4, -0.2) is 0 Å². The van der Waals surface area contributed by atoms with Gasteiger partial charge in [0.15, 0.2) is 0 Å². The van der Waals surface area contributed by atoms with Crippen LogP contribution in [0.3, 0.4) is 0 Å². The highest BCUT2D eigenvalue weighted by atomic mass is 35.7. The molecule has 0 nitrogen and oxygen atoms in total. The fourth-order valence-corrected chi connectivity index (χ4v) is 0. The topological polar surface area (TPSA) is 0 Å². The zero-order valence-electron chi connectivity index (χ0n) is 1.64. The van der Waals surface area contributed by atoms with Gasteiger partial charge in [0.25, 0.3) is 0 Å². The first-order valence-electron chi connectivity index (χ1n) is 0.534. The minimum absolute atomic E-state index is 0.981. The van der Waals surface area contributed by atoms with E-state index in [2.05, 4.69) is 23.6 Å². The first kappa shape index (κ1) is 5.03. The van der Waals surface area contributed by atoms with E-state index < -0.39 is 4.82 Å². The van der Waals surface area contributed by atoms with Crippen LogP contribution in [0, 0.1) is 0 Å². The van der Waals surface area contributed by atoms with E-state index in [0.29, 0.717) is 0 Å². The number of rotatable bonds is 0. The van der Waals surface area contributed by atoms with Gasteiger partial charge >= 0.3 is 0 Å². The predicted molar refractivity (Wildman–Crippen MR) is 27.5 cm³/mol. The average molecular weight is 131 g/mol. The SMILES string of the molecule is S=P(=S)Cl. The summed E-state index contributed by atoms with van der Waals surface area (Å²) < 4.78 is 0. The number of hydrogen-bond donors (Lipinski definition) is 0. The van der Waals surface area contributed by atoms with Crippen molar-refractivity contribution in [3.8, 4) is 0 Å². The lowest BCUT2D eigenvalue weighted by atomic mass is 30.2. The first-order chi connectivity index (χ1) is 1.73. The fraction of sp³-hybridized carbons (Fsp3) is 0. The van der Waals surface area contributed by atoms with Crippen LogP contribution in [-0.2, 0) is 23.6 Å². The second-order valence-corrected chi connectivity index (χ2v) is 5.74. The molecule has 0 N–H and O–H groups in total. The maximum Gasteiger partial charge on any atom is 0.104 e. The largest absolute Gasteiger partial charge is 0.104 e. The molecule has 4 heteroatoms. The lowest BCUT2D eigenvalue weighted by Crippen LogP contribution is -0.892. The molecule has 0 saturated heterocycles. The van der Waals surface area contributed by atoms with Crippen molar-refractivity contribution in [2.45, 2.75) is 0 Å². The third kappa shape index (κ3) is 11.8. The van der Waals surface area contributed by atoms with Gasteiger partial charge in [-0.15, -0.1) is 0 Å². The Morgan fingerprint density at radius 2 is 1.50 bits per heavy atom. The van der Waals surface area contributed by atoms with Crippen LogP contribution in [0.4, 0.5) is 0 Å². The van der Waals surface area contributed by atoms with Crippen molar-refractivity contribution in [1.82, 2.24) is 0 Å². The minimum Gasteiger partial charge on any atom is -0.0382 e. The molecule has 0 bridgehead atoms. The van der Waals surface area contributed by atoms with Crippen molar-refractivity contribution in [2.75, 3.05) is 0 Å². The van der Waals surface area contributed by atoms with E-state index in [1.807, 2.05) is 0 Å². The van der Waals surface area contributed by atoms with Crippen molar-refractivity contribution >= 4 is 39.7 Å². The Morgan fingerprint density at radius 3 is 1.50 bits per heavy atom. The van der Waals surface area contributed by atoms with Crippen molar-refractivity contribution < 1.29 is 0 Å². The van der Waals surface area contributed by atoms with Crippen LogP contribution in [0.15, 0.2) is 0 Å². The van der Waals surface area contributed by atoms with E-state index in [4.69, 9.17) is 11.2 Å². The van der Waals surface area contributed by atoms with Gasteiger partial charge < -0.3 is 0 Å². The van der Waals surface area contributed by atoms with Crippen molar-refractivity contribution in [2.24, 2.45) is 0 Å². The predicted octanol–water partition coefficient (Wildman–Crippen LogP) is 1.55. The van der Waals surface area contributed by atoms with Gasteiger partial charge in [0, 0.05) is 0 Å². The molecular weight excluding hydrogens is 131 g/mol. The van der Waals surface area contributed by atoms with Gasteiger partial charge in [0.1, 0.15) is 4.82 Å². The smallest absolute Gasteiger partial charge is 0.0382 e. The lowest BCUT2D eigenvalue weighted by molar-refractivity contribution is 5.12. The summed E-state index contributed by atoms with van der Waals surface area (Å²) in [5, 5.41) is 0. The highest BCUT2D eigenvalue weighted by molar-refractivity contribution is 8.34. The standard InChI is InChI=1S/ClPS2/c1-2(3)4. The van der Waals surface area contributed by atoms with Crippen LogP contribution in [0.1, 0.15) is 0 Å². The molecular formula is ClPS2. The monoisotopic (exact) mass is 130 g/mol. The Hall–Kier alpha value is 1.03. The van der Waals surface area contributed by atoms with Crippen molar-refractivity contribution in [3.63, 3.8) is 0 Å². The molecule has 0 radical (unpaired) electrons. The van der Waals surface area contributed by atoms with Crippen LogP contribution >= 0.6 is 16.1 Å². The van der Waals surface area contributed by atoms with E-state index in [1.54, 1.807) is 0 Å². The maximum absolute atomic E-state index is 4.97. The summed E-state index contributed by atoms with van der Waals surface area (Å²) in [7, 11) is 0. The van der Waals surface area contributed by atoms with Gasteiger partial charge in [0.05, 0.1) is 0 Å². The molecule has 0 spiro atoms. The molecule has 0 rings (SSSR count). The highest BCUT2D eigenvalue weighted by Crippen LogP contribution is 2.07. The molecule has 0 fully saturated rings. The van der Waals surface area contributed by atoms with Crippen LogP contribution in [0.2, 0.25) is 0 Å². The summed E-state index contributed by atoms with van der Waals surface area (Å²) in [6, 6.07) is 0. The summed E-state index contributed by atoms with van der Waals surface area (Å²) in [5.74, 6) is 0. The van der Waals surface area contributed by atoms with Gasteiger partial charge in [-0.3, -0.25) is 0 Å². The lowest BCUT2D eigenvalue weighted by Gasteiger charge is -1.38. The zero-order valence-corrected chi connectivity index (χ0v) is 4.93. The van der Waals surface area contributed by atoms with Crippen LogP contribution in [0.5, 0.6) is 0 Å². The van der Waals surface area contributed by atoms with Crippen LogP contribution < -0.4 is 0 Å². The third-order valence-corrected chi connectivity index (χ3v) is 0. The first-order valence-corrected chi connectivity index (χ1v) is 4.81. The molecule has 0 aromatic heterocycles. The molecule has 0 heterocycles. The zero-order chi connectivity index (χ0) is 3.58. The maximum atomic E-state index is 4.97. The second-order valence-electron chi connectivity index (χ2n) is 0.213. The molecule has 0 aromatic rings. The summed E-state index contributed by atoms with van der Waals surface area (Å²) >= 11 is 13.5. The molecule has 4 heavy (non-hydrogen) atoms. The number of halogens is 1. The Morgan fingerprint density at radius 1 is 1.50 bits per heavy atom. The van der Waals surface area contributed by atoms with E-state index in [9.17, 15) is 0 Å². The summed E-state index contributed by atoms with van der Waals surface area (Å²) in [6.45, 7) is 0. The molecule has 0 amide bonds. The molecule has 0 aromatic carbocycles. The normalized spacial score (nSPS) is 6.25. The second kappa shape index (κ2) is 2.28. The number of hydrogen-bond acceptors (Lipinski definition) is 2. The van der Waals surface area contributed by atoms with E-state index in [0.717, 1.165) is 0 Å². The quantitative estimate of drug-likeness (QED) is 0.457. The molecule has 0 aliphatic carbocycles. The molecule has 0 aliphatic rings. The Bertz CT molecular complexity index is 54.4.